The van der Waals surface area contributed by atoms with Gasteiger partial charge in [-0.15, -0.1) is 17.9 Å². The molecule has 0 spiro atoms. The number of aryl methyl sites for hydroxylation is 1. The minimum atomic E-state index is -0.228. The van der Waals surface area contributed by atoms with Crippen molar-refractivity contribution in [2.75, 3.05) is 25.3 Å². The molecule has 0 aliphatic heterocycles. The van der Waals surface area contributed by atoms with Crippen molar-refractivity contribution >= 4 is 44.9 Å². The lowest BCUT2D eigenvalue weighted by Crippen LogP contribution is -2.23. The number of carbonyl (C=O) groups is 1. The Labute approximate surface area is 211 Å². The van der Waals surface area contributed by atoms with Crippen LogP contribution in [0.5, 0.6) is 11.5 Å². The van der Waals surface area contributed by atoms with Crippen molar-refractivity contribution in [1.29, 1.82) is 0 Å². The zero-order valence-electron chi connectivity index (χ0n) is 19.7. The third kappa shape index (κ3) is 5.26. The second kappa shape index (κ2) is 10.8. The maximum absolute atomic E-state index is 13.5. The van der Waals surface area contributed by atoms with E-state index in [-0.39, 0.29) is 17.2 Å². The number of nitrogens with one attached hydrogen (secondary N) is 1. The lowest BCUT2D eigenvalue weighted by Gasteiger charge is -2.12. The van der Waals surface area contributed by atoms with Crippen molar-refractivity contribution in [3.8, 4) is 22.6 Å². The number of thioether (sulfide) groups is 1. The largest absolute Gasteiger partial charge is 0.493 e. The van der Waals surface area contributed by atoms with Crippen molar-refractivity contribution in [2.24, 2.45) is 0 Å². The maximum Gasteiger partial charge on any atom is 0.263 e. The Morgan fingerprint density at radius 3 is 2.60 bits per heavy atom. The number of aromatic nitrogens is 2. The average molecular weight is 508 g/mol. The first-order chi connectivity index (χ1) is 16.9. The molecule has 2 aromatic heterocycles. The van der Waals surface area contributed by atoms with Crippen molar-refractivity contribution < 1.29 is 14.3 Å². The molecule has 0 unspecified atom stereocenters. The average Bonchev–Trinajstić information content (AvgIpc) is 3.29. The number of amides is 1. The second-order valence-electron chi connectivity index (χ2n) is 7.70. The van der Waals surface area contributed by atoms with E-state index in [1.165, 1.54) is 30.2 Å². The van der Waals surface area contributed by atoms with Gasteiger partial charge in [-0.25, -0.2) is 4.98 Å². The summed E-state index contributed by atoms with van der Waals surface area (Å²) in [7, 11) is 3.09. The van der Waals surface area contributed by atoms with E-state index in [1.807, 2.05) is 36.6 Å². The number of rotatable bonds is 9. The number of anilines is 1. The van der Waals surface area contributed by atoms with Crippen LogP contribution in [-0.4, -0.2) is 35.4 Å². The molecule has 1 amide bonds. The van der Waals surface area contributed by atoms with E-state index in [0.717, 1.165) is 16.7 Å². The van der Waals surface area contributed by atoms with Crippen LogP contribution >= 0.6 is 23.1 Å². The first-order valence-corrected chi connectivity index (χ1v) is 12.7. The SMILES string of the molecule is C=CCn1c(SCC(=O)Nc2ccc(OC)c(OC)c2)nc2scc(-c3ccc(C)cc3)c2c1=O. The van der Waals surface area contributed by atoms with Crippen molar-refractivity contribution in [3.63, 3.8) is 0 Å². The van der Waals surface area contributed by atoms with Gasteiger partial charge in [0.25, 0.3) is 5.56 Å². The van der Waals surface area contributed by atoms with Crippen LogP contribution in [0.2, 0.25) is 0 Å². The molecule has 35 heavy (non-hydrogen) atoms. The standard InChI is InChI=1S/C26H25N3O4S2/c1-5-12-29-25(31)23-19(17-8-6-16(2)7-9-17)14-34-24(23)28-26(29)35-15-22(30)27-18-10-11-20(32-3)21(13-18)33-4/h5-11,13-14H,1,12,15H2,2-4H3,(H,27,30). The Bertz CT molecular complexity index is 1440. The number of carbonyl (C=O) groups excluding carboxylic acids is 1. The van der Waals surface area contributed by atoms with Crippen LogP contribution in [0.1, 0.15) is 5.56 Å². The van der Waals surface area contributed by atoms with Gasteiger partial charge in [-0.1, -0.05) is 47.7 Å². The topological polar surface area (TPSA) is 82.5 Å². The molecule has 0 saturated heterocycles. The predicted octanol–water partition coefficient (Wildman–Crippen LogP) is 5.37. The molecule has 4 aromatic rings. The molecule has 0 aliphatic rings. The van der Waals surface area contributed by atoms with Gasteiger partial charge < -0.3 is 14.8 Å². The smallest absolute Gasteiger partial charge is 0.263 e. The number of methoxy groups -OCH3 is 2. The summed E-state index contributed by atoms with van der Waals surface area (Å²) in [5.41, 5.74) is 3.43. The lowest BCUT2D eigenvalue weighted by molar-refractivity contribution is -0.113. The summed E-state index contributed by atoms with van der Waals surface area (Å²) in [6.45, 7) is 6.11. The molecule has 0 saturated carbocycles. The Morgan fingerprint density at radius 2 is 1.91 bits per heavy atom. The predicted molar refractivity (Wildman–Crippen MR) is 143 cm³/mol. The fourth-order valence-corrected chi connectivity index (χ4v) is 5.39. The van der Waals surface area contributed by atoms with E-state index in [0.29, 0.717) is 39.1 Å². The number of thiophene rings is 1. The van der Waals surface area contributed by atoms with E-state index in [1.54, 1.807) is 36.0 Å². The second-order valence-corrected chi connectivity index (χ2v) is 9.50. The van der Waals surface area contributed by atoms with Gasteiger partial charge in [-0.3, -0.25) is 14.2 Å². The first-order valence-electron chi connectivity index (χ1n) is 10.8. The van der Waals surface area contributed by atoms with E-state index in [4.69, 9.17) is 14.5 Å². The number of hydrogen-bond acceptors (Lipinski definition) is 7. The van der Waals surface area contributed by atoms with Gasteiger partial charge >= 0.3 is 0 Å². The zero-order valence-corrected chi connectivity index (χ0v) is 21.3. The lowest BCUT2D eigenvalue weighted by atomic mass is 10.1. The Morgan fingerprint density at radius 1 is 1.17 bits per heavy atom. The quantitative estimate of drug-likeness (QED) is 0.186. The highest BCUT2D eigenvalue weighted by Gasteiger charge is 2.18. The van der Waals surface area contributed by atoms with Crippen molar-refractivity contribution in [3.05, 3.63) is 76.4 Å². The molecule has 4 rings (SSSR count). The van der Waals surface area contributed by atoms with Gasteiger partial charge in [-0.2, -0.15) is 0 Å². The van der Waals surface area contributed by atoms with Crippen LogP contribution in [0.15, 0.2) is 70.5 Å². The summed E-state index contributed by atoms with van der Waals surface area (Å²) in [4.78, 5) is 31.5. The number of ether oxygens (including phenoxy) is 2. The molecular formula is C26H25N3O4S2. The van der Waals surface area contributed by atoms with Crippen LogP contribution in [0, 0.1) is 6.92 Å². The van der Waals surface area contributed by atoms with Gasteiger partial charge in [0.15, 0.2) is 16.7 Å². The van der Waals surface area contributed by atoms with Gasteiger partial charge in [0.05, 0.1) is 25.4 Å². The number of hydrogen-bond donors (Lipinski definition) is 1. The summed E-state index contributed by atoms with van der Waals surface area (Å²) in [5.74, 6) is 0.951. The highest BCUT2D eigenvalue weighted by molar-refractivity contribution is 7.99. The molecule has 2 heterocycles. The van der Waals surface area contributed by atoms with E-state index in [2.05, 4.69) is 11.9 Å². The molecule has 0 fully saturated rings. The minimum absolute atomic E-state index is 0.0830. The molecule has 0 radical (unpaired) electrons. The van der Waals surface area contributed by atoms with Crippen molar-refractivity contribution in [2.45, 2.75) is 18.6 Å². The van der Waals surface area contributed by atoms with E-state index < -0.39 is 0 Å². The molecule has 180 valence electrons. The Balaban J connectivity index is 1.59. The van der Waals surface area contributed by atoms with Crippen molar-refractivity contribution in [1.82, 2.24) is 9.55 Å². The fraction of sp³-hybridized carbons (Fsp3) is 0.192. The van der Waals surface area contributed by atoms with E-state index in [9.17, 15) is 9.59 Å². The molecule has 0 bridgehead atoms. The fourth-order valence-electron chi connectivity index (χ4n) is 3.59. The normalized spacial score (nSPS) is 10.8. The third-order valence-corrected chi connectivity index (χ3v) is 7.18. The summed E-state index contributed by atoms with van der Waals surface area (Å²) in [6.07, 6.45) is 1.65. The van der Waals surface area contributed by atoms with Crippen LogP contribution in [0.4, 0.5) is 5.69 Å². The molecular weight excluding hydrogens is 482 g/mol. The minimum Gasteiger partial charge on any atom is -0.493 e. The molecule has 9 heteroatoms. The number of fused-ring (bicyclic) bond motifs is 1. The monoisotopic (exact) mass is 507 g/mol. The summed E-state index contributed by atoms with van der Waals surface area (Å²) >= 11 is 2.63. The zero-order chi connectivity index (χ0) is 24.9. The summed E-state index contributed by atoms with van der Waals surface area (Å²) in [6, 6.07) is 13.2. The van der Waals surface area contributed by atoms with Gasteiger partial charge in [-0.05, 0) is 24.6 Å². The Kier molecular flexibility index (Phi) is 7.57. The van der Waals surface area contributed by atoms with E-state index >= 15 is 0 Å². The highest BCUT2D eigenvalue weighted by atomic mass is 32.2. The number of nitrogens with zero attached hydrogens (tertiary/aromatic N) is 2. The van der Waals surface area contributed by atoms with Crippen LogP contribution in [0.3, 0.4) is 0 Å². The summed E-state index contributed by atoms with van der Waals surface area (Å²) in [5, 5.41) is 5.86. The van der Waals surface area contributed by atoms with Gasteiger partial charge in [0.1, 0.15) is 4.83 Å². The first kappa shape index (κ1) is 24.6. The summed E-state index contributed by atoms with van der Waals surface area (Å²) < 4.78 is 12.1. The Hall–Kier alpha value is -3.56. The molecule has 0 aliphatic carbocycles. The highest BCUT2D eigenvalue weighted by Crippen LogP contribution is 2.33. The molecule has 1 N–H and O–H groups in total. The van der Waals surface area contributed by atoms with Gasteiger partial charge in [0, 0.05) is 29.2 Å². The molecule has 2 aromatic carbocycles. The van der Waals surface area contributed by atoms with Crippen LogP contribution < -0.4 is 20.3 Å². The van der Waals surface area contributed by atoms with Crippen LogP contribution in [-0.2, 0) is 11.3 Å². The maximum atomic E-state index is 13.5. The molecule has 0 atom stereocenters. The molecule has 7 nitrogen and oxygen atoms in total. The third-order valence-electron chi connectivity index (χ3n) is 5.33. The van der Waals surface area contributed by atoms with Gasteiger partial charge in [0.2, 0.25) is 5.91 Å². The number of benzene rings is 2. The van der Waals surface area contributed by atoms with Crippen LogP contribution in [0.25, 0.3) is 21.3 Å². The number of allylic oxidation sites excluding steroid dienone is 1.